The molecule has 0 spiro atoms. The molecule has 0 aromatic heterocycles. The molecule has 6 nitrogen and oxygen atoms in total. The number of hydrogen-bond acceptors (Lipinski definition) is 5. The van der Waals surface area contributed by atoms with Crippen molar-refractivity contribution < 1.29 is 36.9 Å². The van der Waals surface area contributed by atoms with Crippen molar-refractivity contribution in [2.24, 2.45) is 5.92 Å². The number of ether oxygens (including phenoxy) is 4. The fraction of sp³-hybridized carbons (Fsp3) is 0.552. The summed E-state index contributed by atoms with van der Waals surface area (Å²) in [4.78, 5) is 13.7. The zero-order valence-electron chi connectivity index (χ0n) is 22.5. The molecule has 1 saturated carbocycles. The van der Waals surface area contributed by atoms with Crippen LogP contribution in [0, 0.1) is 5.92 Å². The van der Waals surface area contributed by atoms with Crippen LogP contribution in [0.1, 0.15) is 57.2 Å². The number of hydrogen-bond donors (Lipinski definition) is 1. The Labute approximate surface area is 232 Å². The van der Waals surface area contributed by atoms with Gasteiger partial charge >= 0.3 is 6.18 Å². The van der Waals surface area contributed by atoms with Gasteiger partial charge in [-0.05, 0) is 55.2 Å². The first-order valence-electron chi connectivity index (χ1n) is 13.1. The van der Waals surface area contributed by atoms with Crippen LogP contribution in [0.25, 0.3) is 0 Å². The molecule has 1 aliphatic carbocycles. The maximum atomic E-state index is 13.7. The molecule has 39 heavy (non-hydrogen) atoms. The predicted molar refractivity (Wildman–Crippen MR) is 140 cm³/mol. The number of alkyl halides is 3. The molecule has 0 unspecified atom stereocenters. The van der Waals surface area contributed by atoms with Crippen molar-refractivity contribution in [2.75, 3.05) is 6.54 Å². The third kappa shape index (κ3) is 7.52. The number of halogens is 4. The van der Waals surface area contributed by atoms with E-state index < -0.39 is 41.4 Å². The van der Waals surface area contributed by atoms with Gasteiger partial charge < -0.3 is 24.3 Å². The van der Waals surface area contributed by atoms with Gasteiger partial charge in [-0.3, -0.25) is 4.79 Å². The molecule has 2 aromatic rings. The van der Waals surface area contributed by atoms with Crippen LogP contribution in [-0.2, 0) is 43.1 Å². The fourth-order valence-corrected chi connectivity index (χ4v) is 5.22. The summed E-state index contributed by atoms with van der Waals surface area (Å²) in [7, 11) is 0. The van der Waals surface area contributed by atoms with Crippen molar-refractivity contribution >= 4 is 17.5 Å². The normalized spacial score (nSPS) is 26.4. The molecular formula is C29H35ClF3NO5. The summed E-state index contributed by atoms with van der Waals surface area (Å²) in [5.74, 6) is -0.942. The molecule has 1 aliphatic heterocycles. The topological polar surface area (TPSA) is 66.0 Å². The summed E-state index contributed by atoms with van der Waals surface area (Å²) in [6.45, 7) is 8.25. The van der Waals surface area contributed by atoms with Crippen LogP contribution in [0.4, 0.5) is 13.2 Å². The Balaban J connectivity index is 1.58. The highest BCUT2D eigenvalue weighted by molar-refractivity contribution is 6.30. The Kier molecular flexibility index (Phi) is 8.98. The Hall–Kier alpha value is -2.17. The molecule has 1 N–H and O–H groups in total. The summed E-state index contributed by atoms with van der Waals surface area (Å²) in [6.07, 6.45) is -5.56. The van der Waals surface area contributed by atoms with Crippen molar-refractivity contribution in [2.45, 2.75) is 89.6 Å². The van der Waals surface area contributed by atoms with Crippen molar-refractivity contribution in [1.82, 2.24) is 5.32 Å². The summed E-state index contributed by atoms with van der Waals surface area (Å²) >= 11 is 6.16. The highest BCUT2D eigenvalue weighted by Gasteiger charge is 2.58. The molecular weight excluding hydrogens is 535 g/mol. The average Bonchev–Trinajstić information content (AvgIpc) is 3.18. The highest BCUT2D eigenvalue weighted by atomic mass is 35.5. The van der Waals surface area contributed by atoms with E-state index in [1.807, 2.05) is 26.0 Å². The number of carbonyl (C=O) groups excluding carboxylic acids is 1. The third-order valence-electron chi connectivity index (χ3n) is 6.88. The van der Waals surface area contributed by atoms with Crippen molar-refractivity contribution in [3.05, 3.63) is 70.2 Å². The number of benzene rings is 2. The molecule has 10 heteroatoms. The largest absolute Gasteiger partial charge is 0.416 e. The van der Waals surface area contributed by atoms with Crippen LogP contribution in [-0.4, -0.2) is 42.2 Å². The van der Waals surface area contributed by atoms with Crippen molar-refractivity contribution in [3.8, 4) is 0 Å². The van der Waals surface area contributed by atoms with E-state index in [1.54, 1.807) is 26.0 Å². The van der Waals surface area contributed by atoms with Gasteiger partial charge in [-0.25, -0.2) is 0 Å². The van der Waals surface area contributed by atoms with E-state index >= 15 is 0 Å². The lowest BCUT2D eigenvalue weighted by Gasteiger charge is -2.43. The van der Waals surface area contributed by atoms with Gasteiger partial charge in [0.1, 0.15) is 6.10 Å². The molecule has 0 bridgehead atoms. The van der Waals surface area contributed by atoms with Crippen LogP contribution < -0.4 is 5.32 Å². The minimum Gasteiger partial charge on any atom is -0.371 e. The molecule has 4 atom stereocenters. The molecule has 0 radical (unpaired) electrons. The molecule has 2 aromatic carbocycles. The highest BCUT2D eigenvalue weighted by Crippen LogP contribution is 2.44. The lowest BCUT2D eigenvalue weighted by Crippen LogP contribution is -2.60. The van der Waals surface area contributed by atoms with Gasteiger partial charge in [0.05, 0.1) is 31.0 Å². The van der Waals surface area contributed by atoms with E-state index in [0.29, 0.717) is 17.1 Å². The van der Waals surface area contributed by atoms with E-state index in [4.69, 9.17) is 30.5 Å². The molecule has 1 amide bonds. The standard InChI is InChI=1S/C29H35ClF3NO5/c1-18(2)15-34-26(35)28(37-17-20-6-5-7-22(30)12-20)13-23(25-24(14-28)38-27(3,4)39-25)36-16-19-8-10-21(11-9-19)29(31,32)33/h5-12,18,23-25H,13-17H2,1-4H3,(H,34,35)/t23-,24-,25+,28-/m1/s1. The van der Waals surface area contributed by atoms with Crippen LogP contribution in [0.3, 0.4) is 0 Å². The van der Waals surface area contributed by atoms with Gasteiger partial charge in [0.25, 0.3) is 5.91 Å². The van der Waals surface area contributed by atoms with Gasteiger partial charge in [0.15, 0.2) is 11.4 Å². The molecule has 2 aliphatic rings. The van der Waals surface area contributed by atoms with Crippen LogP contribution in [0.5, 0.6) is 0 Å². The predicted octanol–water partition coefficient (Wildman–Crippen LogP) is 6.29. The second-order valence-electron chi connectivity index (χ2n) is 11.1. The van der Waals surface area contributed by atoms with Crippen molar-refractivity contribution in [1.29, 1.82) is 0 Å². The minimum atomic E-state index is -4.42. The van der Waals surface area contributed by atoms with E-state index in [0.717, 1.165) is 17.7 Å². The Morgan fingerprint density at radius 1 is 1.08 bits per heavy atom. The Morgan fingerprint density at radius 2 is 1.79 bits per heavy atom. The smallest absolute Gasteiger partial charge is 0.371 e. The van der Waals surface area contributed by atoms with Gasteiger partial charge in [0, 0.05) is 24.4 Å². The van der Waals surface area contributed by atoms with E-state index in [-0.39, 0.29) is 37.9 Å². The zero-order valence-corrected chi connectivity index (χ0v) is 23.3. The van der Waals surface area contributed by atoms with Gasteiger partial charge in [0.2, 0.25) is 0 Å². The quantitative estimate of drug-likeness (QED) is 0.385. The minimum absolute atomic E-state index is 0.0355. The number of fused-ring (bicyclic) bond motifs is 1. The second-order valence-corrected chi connectivity index (χ2v) is 11.5. The first-order valence-corrected chi connectivity index (χ1v) is 13.4. The Bertz CT molecular complexity index is 1140. The van der Waals surface area contributed by atoms with Crippen LogP contribution >= 0.6 is 11.6 Å². The number of amides is 1. The molecule has 1 heterocycles. The Morgan fingerprint density at radius 3 is 2.44 bits per heavy atom. The number of rotatable bonds is 9. The van der Waals surface area contributed by atoms with E-state index in [9.17, 15) is 18.0 Å². The second kappa shape index (κ2) is 11.7. The first kappa shape index (κ1) is 29.8. The fourth-order valence-electron chi connectivity index (χ4n) is 5.01. The molecule has 4 rings (SSSR count). The number of carbonyl (C=O) groups is 1. The molecule has 1 saturated heterocycles. The average molecular weight is 570 g/mol. The van der Waals surface area contributed by atoms with Gasteiger partial charge in [-0.2, -0.15) is 13.2 Å². The van der Waals surface area contributed by atoms with Gasteiger partial charge in [-0.15, -0.1) is 0 Å². The molecule has 2 fully saturated rings. The maximum absolute atomic E-state index is 13.7. The molecule has 214 valence electrons. The lowest BCUT2D eigenvalue weighted by atomic mass is 9.78. The zero-order chi connectivity index (χ0) is 28.4. The van der Waals surface area contributed by atoms with E-state index in [2.05, 4.69) is 5.32 Å². The third-order valence-corrected chi connectivity index (χ3v) is 7.12. The van der Waals surface area contributed by atoms with Gasteiger partial charge in [-0.1, -0.05) is 49.7 Å². The monoisotopic (exact) mass is 569 g/mol. The van der Waals surface area contributed by atoms with Crippen LogP contribution in [0.15, 0.2) is 48.5 Å². The summed E-state index contributed by atoms with van der Waals surface area (Å²) < 4.78 is 64.0. The first-order chi connectivity index (χ1) is 18.3. The lowest BCUT2D eigenvalue weighted by molar-refractivity contribution is -0.183. The number of nitrogens with one attached hydrogen (secondary N) is 1. The summed E-state index contributed by atoms with van der Waals surface area (Å²) in [5, 5.41) is 3.57. The maximum Gasteiger partial charge on any atom is 0.416 e. The summed E-state index contributed by atoms with van der Waals surface area (Å²) in [5.41, 5.74) is -0.634. The van der Waals surface area contributed by atoms with Crippen LogP contribution in [0.2, 0.25) is 5.02 Å². The summed E-state index contributed by atoms with van der Waals surface area (Å²) in [6, 6.07) is 12.1. The van der Waals surface area contributed by atoms with E-state index in [1.165, 1.54) is 12.1 Å². The van der Waals surface area contributed by atoms with Crippen molar-refractivity contribution in [3.63, 3.8) is 0 Å². The SMILES string of the molecule is CC(C)CNC(=O)[C@@]1(OCc2cccc(Cl)c2)C[C@@H](OCc2ccc(C(F)(F)F)cc2)[C@@H]2OC(C)(C)O[C@@H]2C1.